The Morgan fingerprint density at radius 3 is 3.28 bits per heavy atom. The lowest BCUT2D eigenvalue weighted by Gasteiger charge is -2.19. The van der Waals surface area contributed by atoms with E-state index in [0.717, 1.165) is 40.7 Å². The molecule has 4 rings (SSSR count). The van der Waals surface area contributed by atoms with E-state index in [4.69, 9.17) is 4.74 Å². The molecule has 0 bridgehead atoms. The van der Waals surface area contributed by atoms with Crippen LogP contribution in [0.4, 0.5) is 0 Å². The topological polar surface area (TPSA) is 52.3 Å². The van der Waals surface area contributed by atoms with E-state index in [2.05, 4.69) is 33.5 Å². The van der Waals surface area contributed by atoms with Crippen LogP contribution in [-0.4, -0.2) is 26.4 Å². The molecular formula is C12H10N4OS. The molecule has 6 heteroatoms. The van der Waals surface area contributed by atoms with Gasteiger partial charge in [-0.25, -0.2) is 0 Å². The number of benzene rings is 1. The second-order valence-corrected chi connectivity index (χ2v) is 5.17. The summed E-state index contributed by atoms with van der Waals surface area (Å²) in [7, 11) is 0. The van der Waals surface area contributed by atoms with Crippen molar-refractivity contribution >= 4 is 16.3 Å². The SMILES string of the molecule is c1cc2c(c(-c3nn4cnnc4s3)c1)OCCC2. The molecule has 0 atom stereocenters. The van der Waals surface area contributed by atoms with Crippen LogP contribution in [0.25, 0.3) is 15.5 Å². The molecule has 2 aromatic heterocycles. The van der Waals surface area contributed by atoms with Crippen LogP contribution in [0.3, 0.4) is 0 Å². The molecule has 0 unspecified atom stereocenters. The average Bonchev–Trinajstić information content (AvgIpc) is 2.99. The minimum Gasteiger partial charge on any atom is -0.493 e. The molecule has 5 nitrogen and oxygen atoms in total. The molecule has 18 heavy (non-hydrogen) atoms. The Bertz CT molecular complexity index is 689. The first-order valence-electron chi connectivity index (χ1n) is 5.84. The van der Waals surface area contributed by atoms with Gasteiger partial charge in [0.25, 0.3) is 0 Å². The fraction of sp³-hybridized carbons (Fsp3) is 0.250. The Kier molecular flexibility index (Phi) is 2.10. The first-order valence-corrected chi connectivity index (χ1v) is 6.65. The van der Waals surface area contributed by atoms with Gasteiger partial charge in [-0.2, -0.15) is 9.61 Å². The van der Waals surface area contributed by atoms with Crippen LogP contribution in [0.15, 0.2) is 24.5 Å². The van der Waals surface area contributed by atoms with Gasteiger partial charge in [0.15, 0.2) is 5.01 Å². The van der Waals surface area contributed by atoms with E-state index in [-0.39, 0.29) is 0 Å². The minimum atomic E-state index is 0.786. The predicted octanol–water partition coefficient (Wildman–Crippen LogP) is 2.18. The second-order valence-electron chi connectivity index (χ2n) is 4.21. The Morgan fingerprint density at radius 2 is 2.33 bits per heavy atom. The van der Waals surface area contributed by atoms with Crippen molar-refractivity contribution in [2.75, 3.05) is 6.61 Å². The van der Waals surface area contributed by atoms with Crippen molar-refractivity contribution in [2.45, 2.75) is 12.8 Å². The lowest BCUT2D eigenvalue weighted by atomic mass is 10.0. The quantitative estimate of drug-likeness (QED) is 0.671. The number of para-hydroxylation sites is 1. The standard InChI is InChI=1S/C12H10N4OS/c1-3-8-4-2-6-17-10(8)9(5-1)11-15-16-7-13-14-12(16)18-11/h1,3,5,7H,2,4,6H2. The van der Waals surface area contributed by atoms with Gasteiger partial charge in [-0.3, -0.25) is 0 Å². The van der Waals surface area contributed by atoms with Gasteiger partial charge in [-0.05, 0) is 24.5 Å². The summed E-state index contributed by atoms with van der Waals surface area (Å²) in [4.78, 5) is 0.804. The smallest absolute Gasteiger partial charge is 0.234 e. The number of hydrogen-bond donors (Lipinski definition) is 0. The Morgan fingerprint density at radius 1 is 1.33 bits per heavy atom. The van der Waals surface area contributed by atoms with Crippen LogP contribution < -0.4 is 4.74 Å². The fourth-order valence-corrected chi connectivity index (χ4v) is 3.07. The summed E-state index contributed by atoms with van der Waals surface area (Å²) in [6.07, 6.45) is 3.78. The predicted molar refractivity (Wildman–Crippen MR) is 67.9 cm³/mol. The Hall–Kier alpha value is -1.95. The number of aromatic nitrogens is 4. The molecule has 0 aliphatic carbocycles. The molecule has 0 saturated heterocycles. The third-order valence-corrected chi connectivity index (χ3v) is 4.00. The number of nitrogens with zero attached hydrogens (tertiary/aromatic N) is 4. The molecule has 1 aliphatic rings. The zero-order valence-corrected chi connectivity index (χ0v) is 10.4. The maximum Gasteiger partial charge on any atom is 0.234 e. The zero-order valence-electron chi connectivity index (χ0n) is 9.54. The van der Waals surface area contributed by atoms with Crippen molar-refractivity contribution in [3.63, 3.8) is 0 Å². The summed E-state index contributed by atoms with van der Waals surface area (Å²) >= 11 is 1.53. The van der Waals surface area contributed by atoms with Gasteiger partial charge in [0, 0.05) is 0 Å². The normalized spacial score (nSPS) is 14.4. The van der Waals surface area contributed by atoms with Crippen molar-refractivity contribution in [2.24, 2.45) is 0 Å². The average molecular weight is 258 g/mol. The van der Waals surface area contributed by atoms with E-state index in [1.54, 1.807) is 10.8 Å². The number of ether oxygens (including phenoxy) is 1. The molecule has 0 amide bonds. The maximum atomic E-state index is 5.80. The number of aryl methyl sites for hydroxylation is 1. The van der Waals surface area contributed by atoms with Crippen molar-refractivity contribution in [3.05, 3.63) is 30.1 Å². The highest BCUT2D eigenvalue weighted by Crippen LogP contribution is 2.37. The number of rotatable bonds is 1. The van der Waals surface area contributed by atoms with E-state index in [9.17, 15) is 0 Å². The molecule has 1 aliphatic heterocycles. The second kappa shape index (κ2) is 3.78. The summed E-state index contributed by atoms with van der Waals surface area (Å²) in [5.74, 6) is 0.980. The van der Waals surface area contributed by atoms with Crippen LogP contribution >= 0.6 is 11.3 Å². The molecule has 0 spiro atoms. The summed E-state index contributed by atoms with van der Waals surface area (Å²) in [5.41, 5.74) is 2.33. The molecule has 1 aromatic carbocycles. The highest BCUT2D eigenvalue weighted by Gasteiger charge is 2.18. The summed E-state index contributed by atoms with van der Waals surface area (Å²) in [6.45, 7) is 0.786. The van der Waals surface area contributed by atoms with Crippen molar-refractivity contribution < 1.29 is 4.74 Å². The Balaban J connectivity index is 1.91. The first-order chi connectivity index (χ1) is 8.92. The van der Waals surface area contributed by atoms with Crippen LogP contribution in [0.5, 0.6) is 5.75 Å². The summed E-state index contributed by atoms with van der Waals surface area (Å²) in [5, 5.41) is 13.2. The molecule has 0 N–H and O–H groups in total. The van der Waals surface area contributed by atoms with Crippen LogP contribution in [0, 0.1) is 0 Å². The van der Waals surface area contributed by atoms with Gasteiger partial charge >= 0.3 is 0 Å². The van der Waals surface area contributed by atoms with Gasteiger partial charge in [0.2, 0.25) is 4.96 Å². The van der Waals surface area contributed by atoms with Crippen molar-refractivity contribution in [1.82, 2.24) is 19.8 Å². The molecule has 3 aromatic rings. The van der Waals surface area contributed by atoms with E-state index in [1.165, 1.54) is 16.9 Å². The summed E-state index contributed by atoms with van der Waals surface area (Å²) < 4.78 is 7.50. The number of hydrogen-bond acceptors (Lipinski definition) is 5. The molecule has 90 valence electrons. The van der Waals surface area contributed by atoms with Crippen LogP contribution in [0.2, 0.25) is 0 Å². The van der Waals surface area contributed by atoms with Gasteiger partial charge in [-0.1, -0.05) is 23.5 Å². The minimum absolute atomic E-state index is 0.786. The zero-order chi connectivity index (χ0) is 11.9. The molecule has 0 fully saturated rings. The fourth-order valence-electron chi connectivity index (χ4n) is 2.23. The number of fused-ring (bicyclic) bond motifs is 2. The van der Waals surface area contributed by atoms with Gasteiger partial charge in [0.1, 0.15) is 12.1 Å². The van der Waals surface area contributed by atoms with Gasteiger partial charge in [-0.15, -0.1) is 10.2 Å². The highest BCUT2D eigenvalue weighted by molar-refractivity contribution is 7.19. The summed E-state index contributed by atoms with van der Waals surface area (Å²) in [6, 6.07) is 6.24. The van der Waals surface area contributed by atoms with E-state index in [0.29, 0.717) is 0 Å². The van der Waals surface area contributed by atoms with Gasteiger partial charge in [0.05, 0.1) is 12.2 Å². The first kappa shape index (κ1) is 10.0. The van der Waals surface area contributed by atoms with Gasteiger partial charge < -0.3 is 4.74 Å². The molecule has 0 saturated carbocycles. The lowest BCUT2D eigenvalue weighted by molar-refractivity contribution is 0.289. The monoisotopic (exact) mass is 258 g/mol. The largest absolute Gasteiger partial charge is 0.493 e. The molecule has 3 heterocycles. The van der Waals surface area contributed by atoms with Crippen LogP contribution in [0.1, 0.15) is 12.0 Å². The Labute approximate surface area is 107 Å². The third-order valence-electron chi connectivity index (χ3n) is 3.05. The van der Waals surface area contributed by atoms with Crippen molar-refractivity contribution in [3.8, 4) is 16.3 Å². The third kappa shape index (κ3) is 1.42. The van der Waals surface area contributed by atoms with Crippen LogP contribution in [-0.2, 0) is 6.42 Å². The van der Waals surface area contributed by atoms with E-state index >= 15 is 0 Å². The molecule has 0 radical (unpaired) electrons. The molecular weight excluding hydrogens is 248 g/mol. The van der Waals surface area contributed by atoms with E-state index < -0.39 is 0 Å². The van der Waals surface area contributed by atoms with E-state index in [1.807, 2.05) is 0 Å². The van der Waals surface area contributed by atoms with Crippen molar-refractivity contribution in [1.29, 1.82) is 0 Å². The highest BCUT2D eigenvalue weighted by atomic mass is 32.1. The maximum absolute atomic E-state index is 5.80. The lowest BCUT2D eigenvalue weighted by Crippen LogP contribution is -2.09.